The first-order chi connectivity index (χ1) is 9.63. The van der Waals surface area contributed by atoms with Crippen molar-refractivity contribution in [1.82, 2.24) is 24.9 Å². The van der Waals surface area contributed by atoms with E-state index in [1.54, 1.807) is 6.20 Å². The topological polar surface area (TPSA) is 119 Å². The highest BCUT2D eigenvalue weighted by atomic mass is 15.1. The number of hydrogen-bond donors (Lipinski definition) is 3. The molecule has 0 aliphatic carbocycles. The van der Waals surface area contributed by atoms with Gasteiger partial charge in [-0.15, -0.1) is 0 Å². The van der Waals surface area contributed by atoms with Crippen LogP contribution in [0.3, 0.4) is 0 Å². The zero-order valence-corrected chi connectivity index (χ0v) is 11.9. The lowest BCUT2D eigenvalue weighted by Gasteiger charge is -2.10. The van der Waals surface area contributed by atoms with Gasteiger partial charge in [-0.2, -0.15) is 15.0 Å². The Morgan fingerprint density at radius 2 is 1.85 bits per heavy atom. The molecule has 2 heterocycles. The predicted octanol–water partition coefficient (Wildman–Crippen LogP) is 2.11. The molecule has 7 heteroatoms. The molecule has 0 bridgehead atoms. The molecule has 0 amide bonds. The van der Waals surface area contributed by atoms with Crippen LogP contribution in [-0.4, -0.2) is 24.9 Å². The first-order valence-electron chi connectivity index (χ1n) is 6.96. The van der Waals surface area contributed by atoms with Gasteiger partial charge in [0.2, 0.25) is 11.9 Å². The molecule has 0 radical (unpaired) electrons. The summed E-state index contributed by atoms with van der Waals surface area (Å²) in [6, 6.07) is 0. The molecule has 0 aliphatic heterocycles. The van der Waals surface area contributed by atoms with E-state index in [0.29, 0.717) is 11.7 Å². The highest BCUT2D eigenvalue weighted by Gasteiger charge is 2.15. The molecule has 0 spiro atoms. The molecule has 0 aliphatic rings. The number of aromatic amines is 1. The second kappa shape index (κ2) is 6.31. The minimum absolute atomic E-state index is 0.113. The molecule has 1 unspecified atom stereocenters. The summed E-state index contributed by atoms with van der Waals surface area (Å²) in [6.07, 6.45) is 6.28. The fourth-order valence-electron chi connectivity index (χ4n) is 2.17. The van der Waals surface area contributed by atoms with Gasteiger partial charge in [-0.1, -0.05) is 26.7 Å². The third-order valence-electron chi connectivity index (χ3n) is 3.29. The Kier molecular flexibility index (Phi) is 4.49. The quantitative estimate of drug-likeness (QED) is 0.742. The second-order valence-corrected chi connectivity index (χ2v) is 4.80. The van der Waals surface area contributed by atoms with Crippen LogP contribution in [0, 0.1) is 0 Å². The molecular weight excluding hydrogens is 254 g/mol. The van der Waals surface area contributed by atoms with Gasteiger partial charge in [0.25, 0.3) is 0 Å². The molecular formula is C13H21N7. The van der Waals surface area contributed by atoms with E-state index in [1.165, 1.54) is 12.8 Å². The lowest BCUT2D eigenvalue weighted by molar-refractivity contribution is 0.548. The lowest BCUT2D eigenvalue weighted by Crippen LogP contribution is -2.04. The van der Waals surface area contributed by atoms with Crippen LogP contribution >= 0.6 is 0 Å². The summed E-state index contributed by atoms with van der Waals surface area (Å²) in [5.41, 5.74) is 11.9. The molecule has 5 N–H and O–H groups in total. The molecule has 1 atom stereocenters. The van der Waals surface area contributed by atoms with Crippen LogP contribution in [0.2, 0.25) is 0 Å². The van der Waals surface area contributed by atoms with E-state index >= 15 is 0 Å². The fraction of sp³-hybridized carbons (Fsp3) is 0.538. The average molecular weight is 275 g/mol. The van der Waals surface area contributed by atoms with Crippen LogP contribution in [-0.2, 0) is 0 Å². The average Bonchev–Trinajstić information content (AvgIpc) is 2.88. The minimum atomic E-state index is 0.113. The Balaban J connectivity index is 2.23. The number of H-pyrrole nitrogens is 1. The molecule has 2 aromatic rings. The van der Waals surface area contributed by atoms with Gasteiger partial charge in [-0.05, 0) is 12.8 Å². The fourth-order valence-corrected chi connectivity index (χ4v) is 2.17. The molecule has 0 fully saturated rings. The van der Waals surface area contributed by atoms with Gasteiger partial charge in [-0.3, -0.25) is 0 Å². The van der Waals surface area contributed by atoms with Crippen molar-refractivity contribution in [3.63, 3.8) is 0 Å². The molecule has 108 valence electrons. The minimum Gasteiger partial charge on any atom is -0.368 e. The van der Waals surface area contributed by atoms with Crippen molar-refractivity contribution in [2.75, 3.05) is 11.5 Å². The summed E-state index contributed by atoms with van der Waals surface area (Å²) in [5, 5.41) is 0. The Morgan fingerprint density at radius 1 is 1.15 bits per heavy atom. The Morgan fingerprint density at radius 3 is 2.45 bits per heavy atom. The number of imidazole rings is 1. The molecule has 2 aromatic heterocycles. The normalized spacial score (nSPS) is 12.5. The predicted molar refractivity (Wildman–Crippen MR) is 78.8 cm³/mol. The van der Waals surface area contributed by atoms with Crippen molar-refractivity contribution in [2.45, 2.75) is 45.4 Å². The van der Waals surface area contributed by atoms with Crippen molar-refractivity contribution in [3.05, 3.63) is 12.0 Å². The maximum atomic E-state index is 5.58. The van der Waals surface area contributed by atoms with Gasteiger partial charge < -0.3 is 16.5 Å². The van der Waals surface area contributed by atoms with E-state index in [2.05, 4.69) is 38.8 Å². The van der Waals surface area contributed by atoms with E-state index in [1.807, 2.05) is 0 Å². The second-order valence-electron chi connectivity index (χ2n) is 4.80. The van der Waals surface area contributed by atoms with Crippen LogP contribution < -0.4 is 11.5 Å². The first-order valence-corrected chi connectivity index (χ1v) is 6.96. The number of nitrogens with zero attached hydrogens (tertiary/aromatic N) is 4. The maximum absolute atomic E-state index is 5.58. The smallest absolute Gasteiger partial charge is 0.225 e. The molecule has 0 aromatic carbocycles. The number of nitrogens with two attached hydrogens (primary N) is 2. The Bertz CT molecular complexity index is 543. The van der Waals surface area contributed by atoms with E-state index < -0.39 is 0 Å². The lowest BCUT2D eigenvalue weighted by atomic mass is 9.99. The number of unbranched alkanes of at least 4 members (excludes halogenated alkanes) is 1. The van der Waals surface area contributed by atoms with Gasteiger partial charge in [0, 0.05) is 5.92 Å². The third-order valence-corrected chi connectivity index (χ3v) is 3.29. The summed E-state index contributed by atoms with van der Waals surface area (Å²) >= 11 is 0. The van der Waals surface area contributed by atoms with E-state index in [0.717, 1.165) is 24.4 Å². The summed E-state index contributed by atoms with van der Waals surface area (Å²) in [5.74, 6) is 2.05. The zero-order chi connectivity index (χ0) is 14.5. The van der Waals surface area contributed by atoms with Gasteiger partial charge in [0.1, 0.15) is 11.5 Å². The van der Waals surface area contributed by atoms with E-state index in [4.69, 9.17) is 11.5 Å². The number of hydrogen-bond acceptors (Lipinski definition) is 6. The zero-order valence-electron chi connectivity index (χ0n) is 11.9. The van der Waals surface area contributed by atoms with Gasteiger partial charge in [-0.25, -0.2) is 4.98 Å². The summed E-state index contributed by atoms with van der Waals surface area (Å²) in [6.45, 7) is 4.36. The van der Waals surface area contributed by atoms with Crippen LogP contribution in [0.15, 0.2) is 6.20 Å². The molecule has 7 nitrogen and oxygen atoms in total. The Hall–Kier alpha value is -2.18. The van der Waals surface area contributed by atoms with Gasteiger partial charge in [0.15, 0.2) is 5.82 Å². The highest BCUT2D eigenvalue weighted by molar-refractivity contribution is 5.51. The third kappa shape index (κ3) is 3.23. The van der Waals surface area contributed by atoms with Crippen molar-refractivity contribution in [2.24, 2.45) is 0 Å². The van der Waals surface area contributed by atoms with Crippen LogP contribution in [0.5, 0.6) is 0 Å². The number of nitrogen functional groups attached to an aromatic ring is 2. The molecule has 0 saturated carbocycles. The summed E-state index contributed by atoms with van der Waals surface area (Å²) in [7, 11) is 0. The Labute approximate surface area is 118 Å². The SMILES string of the molecule is CCCCC(CC)c1ncc(-c2nc(N)nc(N)n2)[nH]1. The monoisotopic (exact) mass is 275 g/mol. The number of anilines is 2. The largest absolute Gasteiger partial charge is 0.368 e. The van der Waals surface area contributed by atoms with Crippen LogP contribution in [0.25, 0.3) is 11.5 Å². The van der Waals surface area contributed by atoms with Gasteiger partial charge >= 0.3 is 0 Å². The summed E-state index contributed by atoms with van der Waals surface area (Å²) < 4.78 is 0. The standard InChI is InChI=1S/C13H21N7/c1-3-5-6-8(4-2)10-16-7-9(17-10)11-18-12(14)20-13(15)19-11/h7-8H,3-6H2,1-2H3,(H,16,17)(H4,14,15,18,19,20). The number of nitrogens with one attached hydrogen (secondary N) is 1. The molecule has 2 rings (SSSR count). The summed E-state index contributed by atoms with van der Waals surface area (Å²) in [4.78, 5) is 19.6. The van der Waals surface area contributed by atoms with Crippen LogP contribution in [0.1, 0.15) is 51.3 Å². The molecule has 20 heavy (non-hydrogen) atoms. The van der Waals surface area contributed by atoms with Crippen molar-refractivity contribution in [3.8, 4) is 11.5 Å². The van der Waals surface area contributed by atoms with Crippen molar-refractivity contribution >= 4 is 11.9 Å². The van der Waals surface area contributed by atoms with Gasteiger partial charge in [0.05, 0.1) is 6.20 Å². The number of rotatable bonds is 6. The first kappa shape index (κ1) is 14.2. The van der Waals surface area contributed by atoms with E-state index in [9.17, 15) is 0 Å². The molecule has 0 saturated heterocycles. The van der Waals surface area contributed by atoms with Crippen molar-refractivity contribution < 1.29 is 0 Å². The number of aromatic nitrogens is 5. The van der Waals surface area contributed by atoms with Crippen LogP contribution in [0.4, 0.5) is 11.9 Å². The highest BCUT2D eigenvalue weighted by Crippen LogP contribution is 2.25. The van der Waals surface area contributed by atoms with Crippen molar-refractivity contribution in [1.29, 1.82) is 0 Å². The van der Waals surface area contributed by atoms with E-state index in [-0.39, 0.29) is 11.9 Å². The maximum Gasteiger partial charge on any atom is 0.225 e.